The van der Waals surface area contributed by atoms with E-state index in [4.69, 9.17) is 9.72 Å². The molecule has 6 heteroatoms. The van der Waals surface area contributed by atoms with Crippen LogP contribution < -0.4 is 10.1 Å². The molecule has 0 fully saturated rings. The summed E-state index contributed by atoms with van der Waals surface area (Å²) in [4.78, 5) is 17.4. The van der Waals surface area contributed by atoms with Gasteiger partial charge in [0.1, 0.15) is 11.6 Å². The molecular weight excluding hydrogens is 502 g/mol. The number of amides is 1. The third-order valence-corrected chi connectivity index (χ3v) is 6.60. The van der Waals surface area contributed by atoms with Crippen LogP contribution in [0, 0.1) is 6.92 Å². The summed E-state index contributed by atoms with van der Waals surface area (Å²) in [6.45, 7) is 8.35. The van der Waals surface area contributed by atoms with E-state index in [1.807, 2.05) is 30.3 Å². The van der Waals surface area contributed by atoms with Crippen LogP contribution in [-0.2, 0) is 13.1 Å². The van der Waals surface area contributed by atoms with Crippen molar-refractivity contribution in [1.29, 1.82) is 0 Å². The number of carbonyl (C=O) groups is 1. The number of nitrogens with zero attached hydrogens (tertiary/aromatic N) is 2. The van der Waals surface area contributed by atoms with E-state index < -0.39 is 0 Å². The number of hydrogen-bond acceptors (Lipinski definition) is 3. The molecule has 0 spiro atoms. The molecule has 1 heterocycles. The van der Waals surface area contributed by atoms with Crippen molar-refractivity contribution in [3.05, 3.63) is 93.7 Å². The Morgan fingerprint density at radius 2 is 1.83 bits per heavy atom. The summed E-state index contributed by atoms with van der Waals surface area (Å²) in [7, 11) is 0. The van der Waals surface area contributed by atoms with Crippen LogP contribution in [-0.4, -0.2) is 22.1 Å². The van der Waals surface area contributed by atoms with Gasteiger partial charge in [-0.05, 0) is 79.3 Å². The fraction of sp³-hybridized carbons (Fsp3) is 0.310. The van der Waals surface area contributed by atoms with Gasteiger partial charge < -0.3 is 14.6 Å². The fourth-order valence-corrected chi connectivity index (χ4v) is 4.43. The van der Waals surface area contributed by atoms with E-state index in [0.29, 0.717) is 24.6 Å². The number of nitrogens with one attached hydrogen (secondary N) is 1. The van der Waals surface area contributed by atoms with Crippen molar-refractivity contribution in [1.82, 2.24) is 14.9 Å². The van der Waals surface area contributed by atoms with Crippen LogP contribution in [0.4, 0.5) is 0 Å². The predicted molar refractivity (Wildman–Crippen MR) is 145 cm³/mol. The molecule has 182 valence electrons. The van der Waals surface area contributed by atoms with Crippen molar-refractivity contribution in [3.63, 3.8) is 0 Å². The molecule has 0 saturated carbocycles. The zero-order valence-electron chi connectivity index (χ0n) is 20.6. The van der Waals surface area contributed by atoms with Crippen molar-refractivity contribution in [3.8, 4) is 5.75 Å². The number of unbranched alkanes of at least 4 members (excludes halogenated alkanes) is 1. The Morgan fingerprint density at radius 1 is 1.06 bits per heavy atom. The Hall–Kier alpha value is -3.12. The maximum atomic E-state index is 12.6. The zero-order valence-corrected chi connectivity index (χ0v) is 22.1. The number of fused-ring (bicyclic) bond motifs is 1. The van der Waals surface area contributed by atoms with E-state index >= 15 is 0 Å². The van der Waals surface area contributed by atoms with Crippen molar-refractivity contribution >= 4 is 32.9 Å². The third kappa shape index (κ3) is 6.31. The Labute approximate surface area is 215 Å². The van der Waals surface area contributed by atoms with Gasteiger partial charge >= 0.3 is 0 Å². The Bertz CT molecular complexity index is 1300. The molecule has 1 aromatic heterocycles. The van der Waals surface area contributed by atoms with E-state index in [1.165, 1.54) is 11.1 Å². The first-order valence-corrected chi connectivity index (χ1v) is 12.9. The second-order valence-corrected chi connectivity index (χ2v) is 10.0. The summed E-state index contributed by atoms with van der Waals surface area (Å²) in [5.41, 5.74) is 5.12. The van der Waals surface area contributed by atoms with Crippen molar-refractivity contribution < 1.29 is 9.53 Å². The average molecular weight is 534 g/mol. The molecule has 4 aromatic rings. The lowest BCUT2D eigenvalue weighted by Crippen LogP contribution is -2.24. The van der Waals surface area contributed by atoms with Crippen LogP contribution in [0.5, 0.6) is 5.75 Å². The smallest absolute Gasteiger partial charge is 0.251 e. The summed E-state index contributed by atoms with van der Waals surface area (Å²) in [6.07, 6.45) is 1.89. The number of carbonyl (C=O) groups excluding carboxylic acids is 1. The number of benzene rings is 3. The Kier molecular flexibility index (Phi) is 8.24. The first-order valence-electron chi connectivity index (χ1n) is 12.1. The molecule has 0 aliphatic carbocycles. The number of ether oxygens (including phenoxy) is 1. The van der Waals surface area contributed by atoms with Gasteiger partial charge in [0, 0.05) is 16.6 Å². The minimum atomic E-state index is -0.108. The summed E-state index contributed by atoms with van der Waals surface area (Å²) in [5.74, 6) is 2.17. The number of rotatable bonds is 10. The SMILES string of the molecule is Cc1ccc(C(C)C)c(OCCCCn2c(CNC(=O)c3ccc(Br)cc3)nc3ccccc32)c1. The lowest BCUT2D eigenvalue weighted by Gasteiger charge is -2.15. The molecule has 1 N–H and O–H groups in total. The van der Waals surface area contributed by atoms with Gasteiger partial charge in [-0.1, -0.05) is 54.0 Å². The summed E-state index contributed by atoms with van der Waals surface area (Å²) >= 11 is 3.41. The molecule has 0 atom stereocenters. The van der Waals surface area contributed by atoms with Crippen LogP contribution in [0.3, 0.4) is 0 Å². The van der Waals surface area contributed by atoms with E-state index in [2.05, 4.69) is 70.9 Å². The molecule has 3 aromatic carbocycles. The minimum Gasteiger partial charge on any atom is -0.493 e. The summed E-state index contributed by atoms with van der Waals surface area (Å²) < 4.78 is 9.33. The van der Waals surface area contributed by atoms with Crippen molar-refractivity contribution in [2.45, 2.75) is 52.6 Å². The van der Waals surface area contributed by atoms with Gasteiger partial charge in [0.2, 0.25) is 0 Å². The van der Waals surface area contributed by atoms with Crippen molar-refractivity contribution in [2.24, 2.45) is 0 Å². The van der Waals surface area contributed by atoms with Crippen LogP contribution in [0.25, 0.3) is 11.0 Å². The highest BCUT2D eigenvalue weighted by molar-refractivity contribution is 9.10. The van der Waals surface area contributed by atoms with Crippen LogP contribution in [0.2, 0.25) is 0 Å². The molecule has 0 radical (unpaired) electrons. The average Bonchev–Trinajstić information content (AvgIpc) is 3.20. The molecule has 0 bridgehead atoms. The van der Waals surface area contributed by atoms with Gasteiger partial charge in [-0.3, -0.25) is 4.79 Å². The first kappa shape index (κ1) is 25.0. The first-order chi connectivity index (χ1) is 16.9. The topological polar surface area (TPSA) is 56.1 Å². The number of aromatic nitrogens is 2. The van der Waals surface area contributed by atoms with E-state index in [1.54, 1.807) is 12.1 Å². The monoisotopic (exact) mass is 533 g/mol. The molecule has 1 amide bonds. The predicted octanol–water partition coefficient (Wildman–Crippen LogP) is 7.02. The van der Waals surface area contributed by atoms with Gasteiger partial charge in [0.25, 0.3) is 5.91 Å². The normalized spacial score (nSPS) is 11.2. The maximum absolute atomic E-state index is 12.6. The number of aryl methyl sites for hydroxylation is 2. The summed E-state index contributed by atoms with van der Waals surface area (Å²) in [5, 5.41) is 3.02. The Balaban J connectivity index is 1.38. The number of para-hydroxylation sites is 2. The van der Waals surface area contributed by atoms with E-state index in [-0.39, 0.29) is 5.91 Å². The Morgan fingerprint density at radius 3 is 2.60 bits per heavy atom. The van der Waals surface area contributed by atoms with Crippen LogP contribution in [0.15, 0.2) is 71.2 Å². The number of imidazole rings is 1. The molecular formula is C29H32BrN3O2. The van der Waals surface area contributed by atoms with Crippen LogP contribution >= 0.6 is 15.9 Å². The van der Waals surface area contributed by atoms with Gasteiger partial charge in [0.05, 0.1) is 24.2 Å². The zero-order chi connectivity index (χ0) is 24.8. The van der Waals surface area contributed by atoms with Crippen LogP contribution in [0.1, 0.15) is 59.9 Å². The van der Waals surface area contributed by atoms with Crippen molar-refractivity contribution in [2.75, 3.05) is 6.61 Å². The highest BCUT2D eigenvalue weighted by Crippen LogP contribution is 2.27. The van der Waals surface area contributed by atoms with E-state index in [9.17, 15) is 4.79 Å². The van der Waals surface area contributed by atoms with E-state index in [0.717, 1.165) is 46.5 Å². The van der Waals surface area contributed by atoms with Gasteiger partial charge in [-0.15, -0.1) is 0 Å². The largest absolute Gasteiger partial charge is 0.493 e. The molecule has 0 saturated heterocycles. The summed E-state index contributed by atoms with van der Waals surface area (Å²) in [6, 6.07) is 21.9. The van der Waals surface area contributed by atoms with Gasteiger partial charge in [0.15, 0.2) is 0 Å². The third-order valence-electron chi connectivity index (χ3n) is 6.07. The number of halogens is 1. The fourth-order valence-electron chi connectivity index (χ4n) is 4.17. The molecule has 0 aliphatic heterocycles. The minimum absolute atomic E-state index is 0.108. The molecule has 0 aliphatic rings. The second-order valence-electron chi connectivity index (χ2n) is 9.11. The molecule has 5 nitrogen and oxygen atoms in total. The standard InChI is InChI=1S/C29H32BrN3O2/c1-20(2)24-15-10-21(3)18-27(24)35-17-7-6-16-33-26-9-5-4-8-25(26)32-28(33)19-31-29(34)22-11-13-23(30)14-12-22/h4-5,8-15,18,20H,6-7,16-17,19H2,1-3H3,(H,31,34). The second kappa shape index (κ2) is 11.5. The molecule has 0 unspecified atom stereocenters. The highest BCUT2D eigenvalue weighted by Gasteiger charge is 2.13. The highest BCUT2D eigenvalue weighted by atomic mass is 79.9. The quantitative estimate of drug-likeness (QED) is 0.223. The number of hydrogen-bond donors (Lipinski definition) is 1. The lowest BCUT2D eigenvalue weighted by atomic mass is 10.0. The van der Waals surface area contributed by atoms with Gasteiger partial charge in [-0.25, -0.2) is 4.98 Å². The lowest BCUT2D eigenvalue weighted by molar-refractivity contribution is 0.0949. The molecule has 35 heavy (non-hydrogen) atoms. The van der Waals surface area contributed by atoms with Gasteiger partial charge in [-0.2, -0.15) is 0 Å². The molecule has 4 rings (SSSR count). The maximum Gasteiger partial charge on any atom is 0.251 e.